The van der Waals surface area contributed by atoms with Crippen LogP contribution in [0.25, 0.3) is 0 Å². The highest BCUT2D eigenvalue weighted by Crippen LogP contribution is 2.27. The van der Waals surface area contributed by atoms with Gasteiger partial charge in [0.2, 0.25) is 5.91 Å². The van der Waals surface area contributed by atoms with E-state index in [1.165, 1.54) is 0 Å². The molecule has 1 aromatic carbocycles. The average Bonchev–Trinajstić information content (AvgIpc) is 2.98. The molecule has 3 rings (SSSR count). The second-order valence-electron chi connectivity index (χ2n) is 5.80. The smallest absolute Gasteiger partial charge is 0.239 e. The highest BCUT2D eigenvalue weighted by atomic mass is 35.5. The summed E-state index contributed by atoms with van der Waals surface area (Å²) in [5, 5.41) is 1.33. The van der Waals surface area contributed by atoms with Gasteiger partial charge in [0.05, 0.1) is 6.04 Å². The van der Waals surface area contributed by atoms with Crippen LogP contribution in [0.1, 0.15) is 18.4 Å². The van der Waals surface area contributed by atoms with Crippen LogP contribution in [0.5, 0.6) is 0 Å². The van der Waals surface area contributed by atoms with Gasteiger partial charge in [0.25, 0.3) is 0 Å². The minimum absolute atomic E-state index is 0.00912. The van der Waals surface area contributed by atoms with Crippen LogP contribution in [0.15, 0.2) is 18.2 Å². The van der Waals surface area contributed by atoms with E-state index in [2.05, 4.69) is 4.90 Å². The summed E-state index contributed by atoms with van der Waals surface area (Å²) in [7, 11) is 0. The zero-order chi connectivity index (χ0) is 15.5. The SMILES string of the molecule is O=C(C1CCCN1Cc1ccc(Cl)cc1Cl)N1CCSCC1. The summed E-state index contributed by atoms with van der Waals surface area (Å²) >= 11 is 14.2. The van der Waals surface area contributed by atoms with Crippen LogP contribution in [0.4, 0.5) is 0 Å². The minimum Gasteiger partial charge on any atom is -0.340 e. The van der Waals surface area contributed by atoms with E-state index >= 15 is 0 Å². The van der Waals surface area contributed by atoms with E-state index in [1.54, 1.807) is 6.07 Å². The number of halogens is 2. The predicted octanol–water partition coefficient (Wildman–Crippen LogP) is 3.53. The molecule has 2 aliphatic rings. The van der Waals surface area contributed by atoms with E-state index in [4.69, 9.17) is 23.2 Å². The molecule has 6 heteroatoms. The first kappa shape index (κ1) is 16.4. The third-order valence-corrected chi connectivity index (χ3v) is 5.89. The number of nitrogens with zero attached hydrogens (tertiary/aromatic N) is 2. The molecular formula is C16H20Cl2N2OS. The molecule has 0 aromatic heterocycles. The van der Waals surface area contributed by atoms with Crippen molar-refractivity contribution in [2.45, 2.75) is 25.4 Å². The lowest BCUT2D eigenvalue weighted by Gasteiger charge is -2.32. The summed E-state index contributed by atoms with van der Waals surface area (Å²) in [4.78, 5) is 17.1. The Labute approximate surface area is 145 Å². The first-order valence-corrected chi connectivity index (χ1v) is 9.61. The molecule has 0 radical (unpaired) electrons. The van der Waals surface area contributed by atoms with Gasteiger partial charge in [-0.25, -0.2) is 0 Å². The molecular weight excluding hydrogens is 339 g/mol. The molecule has 120 valence electrons. The van der Waals surface area contributed by atoms with Crippen LogP contribution < -0.4 is 0 Å². The summed E-state index contributed by atoms with van der Waals surface area (Å²) in [6.07, 6.45) is 2.03. The van der Waals surface area contributed by atoms with Gasteiger partial charge in [0, 0.05) is 41.2 Å². The van der Waals surface area contributed by atoms with Crippen molar-refractivity contribution < 1.29 is 4.79 Å². The first-order valence-electron chi connectivity index (χ1n) is 7.69. The topological polar surface area (TPSA) is 23.6 Å². The molecule has 2 fully saturated rings. The maximum absolute atomic E-state index is 12.8. The van der Waals surface area contributed by atoms with Gasteiger partial charge in [-0.05, 0) is 37.1 Å². The Hall–Kier alpha value is -0.420. The molecule has 22 heavy (non-hydrogen) atoms. The Balaban J connectivity index is 1.68. The van der Waals surface area contributed by atoms with Crippen molar-refractivity contribution in [2.24, 2.45) is 0 Å². The number of hydrogen-bond donors (Lipinski definition) is 0. The van der Waals surface area contributed by atoms with Gasteiger partial charge in [-0.3, -0.25) is 9.69 Å². The Morgan fingerprint density at radius 1 is 1.23 bits per heavy atom. The van der Waals surface area contributed by atoms with Crippen molar-refractivity contribution in [3.63, 3.8) is 0 Å². The van der Waals surface area contributed by atoms with E-state index in [0.717, 1.165) is 56.1 Å². The molecule has 2 aliphatic heterocycles. The third kappa shape index (κ3) is 3.73. The second-order valence-corrected chi connectivity index (χ2v) is 7.87. The van der Waals surface area contributed by atoms with E-state index < -0.39 is 0 Å². The number of benzene rings is 1. The molecule has 0 spiro atoms. The van der Waals surface area contributed by atoms with Crippen LogP contribution in [-0.4, -0.2) is 52.9 Å². The normalized spacial score (nSPS) is 23.0. The van der Waals surface area contributed by atoms with Crippen LogP contribution in [0, 0.1) is 0 Å². The highest BCUT2D eigenvalue weighted by molar-refractivity contribution is 7.99. The molecule has 2 heterocycles. The number of carbonyl (C=O) groups excluding carboxylic acids is 1. The molecule has 2 saturated heterocycles. The van der Waals surface area contributed by atoms with Gasteiger partial charge in [-0.1, -0.05) is 29.3 Å². The van der Waals surface area contributed by atoms with Gasteiger partial charge in [-0.2, -0.15) is 11.8 Å². The van der Waals surface area contributed by atoms with Gasteiger partial charge < -0.3 is 4.90 Å². The van der Waals surface area contributed by atoms with E-state index in [0.29, 0.717) is 16.0 Å². The van der Waals surface area contributed by atoms with Crippen LogP contribution in [-0.2, 0) is 11.3 Å². The average molecular weight is 359 g/mol. The molecule has 3 nitrogen and oxygen atoms in total. The molecule has 0 saturated carbocycles. The van der Waals surface area contributed by atoms with E-state index in [9.17, 15) is 4.79 Å². The molecule has 0 aliphatic carbocycles. The standard InChI is InChI=1S/C16H20Cl2N2OS/c17-13-4-3-12(14(18)10-13)11-20-5-1-2-15(20)16(21)19-6-8-22-9-7-19/h3-4,10,15H,1-2,5-9,11H2. The number of thioether (sulfide) groups is 1. The lowest BCUT2D eigenvalue weighted by Crippen LogP contribution is -2.48. The van der Waals surface area contributed by atoms with Crippen molar-refractivity contribution in [1.29, 1.82) is 0 Å². The maximum Gasteiger partial charge on any atom is 0.239 e. The summed E-state index contributed by atoms with van der Waals surface area (Å²) in [6.45, 7) is 3.44. The first-order chi connectivity index (χ1) is 10.6. The monoisotopic (exact) mass is 358 g/mol. The fraction of sp³-hybridized carbons (Fsp3) is 0.562. The molecule has 1 atom stereocenters. The van der Waals surface area contributed by atoms with E-state index in [1.807, 2.05) is 28.8 Å². The number of carbonyl (C=O) groups is 1. The lowest BCUT2D eigenvalue weighted by molar-refractivity contribution is -0.135. The molecule has 1 amide bonds. The van der Waals surface area contributed by atoms with Crippen LogP contribution in [0.3, 0.4) is 0 Å². The molecule has 1 unspecified atom stereocenters. The Morgan fingerprint density at radius 3 is 2.73 bits per heavy atom. The number of rotatable bonds is 3. The van der Waals surface area contributed by atoms with Crippen molar-refractivity contribution in [3.05, 3.63) is 33.8 Å². The Morgan fingerprint density at radius 2 is 2.00 bits per heavy atom. The van der Waals surface area contributed by atoms with Crippen molar-refractivity contribution in [2.75, 3.05) is 31.1 Å². The summed E-state index contributed by atoms with van der Waals surface area (Å²) in [6, 6.07) is 5.60. The fourth-order valence-electron chi connectivity index (χ4n) is 3.16. The fourth-order valence-corrected chi connectivity index (χ4v) is 4.53. The molecule has 0 N–H and O–H groups in total. The molecule has 1 aromatic rings. The second kappa shape index (κ2) is 7.43. The maximum atomic E-state index is 12.8. The van der Waals surface area contributed by atoms with Crippen molar-refractivity contribution >= 4 is 40.9 Å². The van der Waals surface area contributed by atoms with Gasteiger partial charge in [0.1, 0.15) is 0 Å². The largest absolute Gasteiger partial charge is 0.340 e. The zero-order valence-corrected chi connectivity index (χ0v) is 14.8. The van der Waals surface area contributed by atoms with Crippen molar-refractivity contribution in [1.82, 2.24) is 9.80 Å². The quantitative estimate of drug-likeness (QED) is 0.825. The molecule has 0 bridgehead atoms. The zero-order valence-electron chi connectivity index (χ0n) is 12.4. The predicted molar refractivity (Wildman–Crippen MR) is 93.8 cm³/mol. The van der Waals surface area contributed by atoms with Gasteiger partial charge >= 0.3 is 0 Å². The highest BCUT2D eigenvalue weighted by Gasteiger charge is 2.34. The van der Waals surface area contributed by atoms with Crippen molar-refractivity contribution in [3.8, 4) is 0 Å². The third-order valence-electron chi connectivity index (χ3n) is 4.36. The number of amides is 1. The lowest BCUT2D eigenvalue weighted by atomic mass is 10.1. The minimum atomic E-state index is 0.00912. The van der Waals surface area contributed by atoms with Gasteiger partial charge in [-0.15, -0.1) is 0 Å². The summed E-state index contributed by atoms with van der Waals surface area (Å²) in [5.74, 6) is 2.41. The van der Waals surface area contributed by atoms with E-state index in [-0.39, 0.29) is 6.04 Å². The Bertz CT molecular complexity index is 549. The number of likely N-dealkylation sites (tertiary alicyclic amines) is 1. The summed E-state index contributed by atoms with van der Waals surface area (Å²) in [5.41, 5.74) is 1.04. The van der Waals surface area contributed by atoms with Crippen LogP contribution in [0.2, 0.25) is 10.0 Å². The Kier molecular flexibility index (Phi) is 5.55. The van der Waals surface area contributed by atoms with Crippen LogP contribution >= 0.6 is 35.0 Å². The number of hydrogen-bond acceptors (Lipinski definition) is 3. The van der Waals surface area contributed by atoms with Gasteiger partial charge in [0.15, 0.2) is 0 Å². The summed E-state index contributed by atoms with van der Waals surface area (Å²) < 4.78 is 0.